The number of nitrogens with zero attached hydrogens (tertiary/aromatic N) is 2. The van der Waals surface area contributed by atoms with E-state index in [1.807, 2.05) is 30.3 Å². The predicted octanol–water partition coefficient (Wildman–Crippen LogP) is 4.05. The summed E-state index contributed by atoms with van der Waals surface area (Å²) in [5.74, 6) is -0.0450. The van der Waals surface area contributed by atoms with Crippen LogP contribution in [-0.2, 0) is 6.54 Å². The van der Waals surface area contributed by atoms with Crippen LogP contribution in [0.2, 0.25) is 0 Å². The molecule has 0 saturated carbocycles. The van der Waals surface area contributed by atoms with Crippen molar-refractivity contribution >= 4 is 38.6 Å². The Morgan fingerprint density at radius 2 is 1.93 bits per heavy atom. The van der Waals surface area contributed by atoms with Crippen molar-refractivity contribution in [3.05, 3.63) is 92.9 Å². The van der Waals surface area contributed by atoms with Gasteiger partial charge in [0.15, 0.2) is 11.2 Å². The molecule has 2 aromatic heterocycles. The molecule has 0 aliphatic heterocycles. The van der Waals surface area contributed by atoms with Gasteiger partial charge in [-0.05, 0) is 23.8 Å². The summed E-state index contributed by atoms with van der Waals surface area (Å²) in [6, 6.07) is 17.7. The van der Waals surface area contributed by atoms with Crippen LogP contribution in [0.3, 0.4) is 0 Å². The maximum atomic E-state index is 12.6. The molecule has 7 heteroatoms. The Balaban J connectivity index is 1.60. The number of fused-ring (bicyclic) bond motifs is 1. The molecule has 1 amide bonds. The third-order valence-corrected chi connectivity index (χ3v) is 4.54. The Morgan fingerprint density at radius 1 is 1.11 bits per heavy atom. The van der Waals surface area contributed by atoms with Crippen LogP contribution in [0.1, 0.15) is 16.1 Å². The lowest BCUT2D eigenvalue weighted by Gasteiger charge is -2.09. The Bertz CT molecular complexity index is 1180. The van der Waals surface area contributed by atoms with Gasteiger partial charge >= 0.3 is 0 Å². The molecule has 0 unspecified atom stereocenters. The second-order valence-electron chi connectivity index (χ2n) is 5.93. The Hall–Kier alpha value is -3.19. The van der Waals surface area contributed by atoms with Gasteiger partial charge in [-0.1, -0.05) is 46.3 Å². The van der Waals surface area contributed by atoms with E-state index in [1.54, 1.807) is 35.1 Å². The van der Waals surface area contributed by atoms with Gasteiger partial charge in [0, 0.05) is 16.6 Å². The number of hydrogen-bond acceptors (Lipinski definition) is 4. The zero-order valence-corrected chi connectivity index (χ0v) is 15.6. The minimum absolute atomic E-state index is 0.0534. The van der Waals surface area contributed by atoms with Gasteiger partial charge < -0.3 is 9.73 Å². The minimum atomic E-state index is -0.508. The highest BCUT2D eigenvalue weighted by molar-refractivity contribution is 9.10. The predicted molar refractivity (Wildman–Crippen MR) is 106 cm³/mol. The molecule has 0 aliphatic carbocycles. The van der Waals surface area contributed by atoms with Crippen LogP contribution >= 0.6 is 15.9 Å². The van der Waals surface area contributed by atoms with E-state index < -0.39 is 5.91 Å². The van der Waals surface area contributed by atoms with Crippen LogP contribution < -0.4 is 10.7 Å². The topological polar surface area (TPSA) is 77.1 Å². The average Bonchev–Trinajstić information content (AvgIpc) is 3.09. The summed E-state index contributed by atoms with van der Waals surface area (Å²) in [6.45, 7) is 0.513. The number of rotatable bonds is 4. The molecule has 0 radical (unpaired) electrons. The SMILES string of the molecule is O=C(Nc1ccnn1Cc1ccccc1)c1cc(=O)c2cc(Br)ccc2o1. The molecule has 0 saturated heterocycles. The molecule has 0 spiro atoms. The number of benzene rings is 2. The first-order valence-electron chi connectivity index (χ1n) is 8.21. The van der Waals surface area contributed by atoms with E-state index in [0.29, 0.717) is 23.3 Å². The van der Waals surface area contributed by atoms with Gasteiger partial charge in [0.25, 0.3) is 5.91 Å². The zero-order chi connectivity index (χ0) is 18.8. The van der Waals surface area contributed by atoms with Crippen LogP contribution in [-0.4, -0.2) is 15.7 Å². The Labute approximate surface area is 162 Å². The van der Waals surface area contributed by atoms with Gasteiger partial charge in [0.1, 0.15) is 11.4 Å². The van der Waals surface area contributed by atoms with Crippen molar-refractivity contribution < 1.29 is 9.21 Å². The van der Waals surface area contributed by atoms with Crippen molar-refractivity contribution in [1.82, 2.24) is 9.78 Å². The first kappa shape index (κ1) is 17.2. The van der Waals surface area contributed by atoms with Gasteiger partial charge in [-0.15, -0.1) is 0 Å². The summed E-state index contributed by atoms with van der Waals surface area (Å²) < 4.78 is 8.04. The molecule has 1 N–H and O–H groups in total. The summed E-state index contributed by atoms with van der Waals surface area (Å²) in [4.78, 5) is 24.9. The monoisotopic (exact) mass is 423 g/mol. The summed E-state index contributed by atoms with van der Waals surface area (Å²) in [6.07, 6.45) is 1.60. The molecule has 0 aliphatic rings. The molecule has 2 heterocycles. The summed E-state index contributed by atoms with van der Waals surface area (Å²) in [5, 5.41) is 7.40. The molecule has 0 bridgehead atoms. The fraction of sp³-hybridized carbons (Fsp3) is 0.0500. The van der Waals surface area contributed by atoms with E-state index in [2.05, 4.69) is 26.3 Å². The lowest BCUT2D eigenvalue weighted by molar-refractivity contribution is 0.0996. The number of aromatic nitrogens is 2. The van der Waals surface area contributed by atoms with Crippen molar-refractivity contribution in [2.75, 3.05) is 5.32 Å². The van der Waals surface area contributed by atoms with Gasteiger partial charge in [-0.3, -0.25) is 9.59 Å². The largest absolute Gasteiger partial charge is 0.451 e. The van der Waals surface area contributed by atoms with Crippen molar-refractivity contribution in [2.45, 2.75) is 6.54 Å². The van der Waals surface area contributed by atoms with Crippen molar-refractivity contribution in [3.8, 4) is 0 Å². The van der Waals surface area contributed by atoms with Gasteiger partial charge in [0.2, 0.25) is 0 Å². The number of amides is 1. The summed E-state index contributed by atoms with van der Waals surface area (Å²) in [7, 11) is 0. The maximum absolute atomic E-state index is 12.6. The second-order valence-corrected chi connectivity index (χ2v) is 6.84. The molecule has 134 valence electrons. The first-order valence-corrected chi connectivity index (χ1v) is 9.00. The summed E-state index contributed by atoms with van der Waals surface area (Å²) >= 11 is 3.32. The molecule has 6 nitrogen and oxygen atoms in total. The van der Waals surface area contributed by atoms with Crippen molar-refractivity contribution in [1.29, 1.82) is 0 Å². The standard InChI is InChI=1S/C20H14BrN3O3/c21-14-6-7-17-15(10-14)16(25)11-18(27-17)20(26)23-19-8-9-22-24(19)12-13-4-2-1-3-5-13/h1-11H,12H2,(H,23,26). The number of nitrogens with one attached hydrogen (secondary N) is 1. The van der Waals surface area contributed by atoms with Gasteiger partial charge in [-0.25, -0.2) is 4.68 Å². The highest BCUT2D eigenvalue weighted by Crippen LogP contribution is 2.19. The Kier molecular flexibility index (Phi) is 4.60. The van der Waals surface area contributed by atoms with Crippen LogP contribution in [0, 0.1) is 0 Å². The lowest BCUT2D eigenvalue weighted by Crippen LogP contribution is -2.18. The molecule has 2 aromatic carbocycles. The molecular formula is C20H14BrN3O3. The van der Waals surface area contributed by atoms with E-state index in [4.69, 9.17) is 4.42 Å². The highest BCUT2D eigenvalue weighted by Gasteiger charge is 2.15. The average molecular weight is 424 g/mol. The quantitative estimate of drug-likeness (QED) is 0.536. The highest BCUT2D eigenvalue weighted by atomic mass is 79.9. The zero-order valence-electron chi connectivity index (χ0n) is 14.1. The molecular weight excluding hydrogens is 410 g/mol. The van der Waals surface area contributed by atoms with Gasteiger partial charge in [0.05, 0.1) is 18.1 Å². The van der Waals surface area contributed by atoms with Crippen LogP contribution in [0.4, 0.5) is 5.82 Å². The number of halogens is 1. The fourth-order valence-corrected chi connectivity index (χ4v) is 3.10. The number of carbonyl (C=O) groups excluding carboxylic acids is 1. The smallest absolute Gasteiger partial charge is 0.292 e. The third-order valence-electron chi connectivity index (χ3n) is 4.05. The third kappa shape index (κ3) is 3.68. The van der Waals surface area contributed by atoms with E-state index in [1.165, 1.54) is 6.07 Å². The maximum Gasteiger partial charge on any atom is 0.292 e. The number of anilines is 1. The summed E-state index contributed by atoms with van der Waals surface area (Å²) in [5.41, 5.74) is 1.13. The number of hydrogen-bond donors (Lipinski definition) is 1. The van der Waals surface area contributed by atoms with Crippen LogP contribution in [0.25, 0.3) is 11.0 Å². The molecule has 4 aromatic rings. The van der Waals surface area contributed by atoms with Crippen LogP contribution in [0.5, 0.6) is 0 Å². The van der Waals surface area contributed by atoms with Gasteiger partial charge in [-0.2, -0.15) is 5.10 Å². The molecule has 0 fully saturated rings. The Morgan fingerprint density at radius 3 is 2.74 bits per heavy atom. The van der Waals surface area contributed by atoms with Crippen molar-refractivity contribution in [2.24, 2.45) is 0 Å². The van der Waals surface area contributed by atoms with E-state index in [9.17, 15) is 9.59 Å². The first-order chi connectivity index (χ1) is 13.1. The van der Waals surface area contributed by atoms with E-state index in [0.717, 1.165) is 10.0 Å². The fourth-order valence-electron chi connectivity index (χ4n) is 2.74. The minimum Gasteiger partial charge on any atom is -0.451 e. The molecule has 4 rings (SSSR count). The second kappa shape index (κ2) is 7.20. The number of carbonyl (C=O) groups is 1. The van der Waals surface area contributed by atoms with E-state index in [-0.39, 0.29) is 11.2 Å². The lowest BCUT2D eigenvalue weighted by atomic mass is 10.2. The van der Waals surface area contributed by atoms with E-state index >= 15 is 0 Å². The normalized spacial score (nSPS) is 10.9. The van der Waals surface area contributed by atoms with Crippen molar-refractivity contribution in [3.63, 3.8) is 0 Å². The van der Waals surface area contributed by atoms with Crippen LogP contribution in [0.15, 0.2) is 80.5 Å². The molecule has 0 atom stereocenters. The molecule has 27 heavy (non-hydrogen) atoms.